The van der Waals surface area contributed by atoms with Crippen LogP contribution in [0, 0.1) is 0 Å². The highest BCUT2D eigenvalue weighted by molar-refractivity contribution is 6.23. The van der Waals surface area contributed by atoms with Crippen molar-refractivity contribution in [1.82, 2.24) is 10.3 Å². The number of anilines is 1. The van der Waals surface area contributed by atoms with E-state index in [-0.39, 0.29) is 35.4 Å². The lowest BCUT2D eigenvalue weighted by Gasteiger charge is -2.19. The predicted octanol–water partition coefficient (Wildman–Crippen LogP) is 4.23. The lowest BCUT2D eigenvalue weighted by Crippen LogP contribution is -2.43. The Bertz CT molecular complexity index is 1010. The Morgan fingerprint density at radius 3 is 2.67 bits per heavy atom. The van der Waals surface area contributed by atoms with Crippen molar-refractivity contribution in [3.63, 3.8) is 0 Å². The molecule has 0 bridgehead atoms. The van der Waals surface area contributed by atoms with E-state index >= 15 is 0 Å². The number of pyridine rings is 1. The van der Waals surface area contributed by atoms with Crippen LogP contribution in [0.15, 0.2) is 36.5 Å². The molecular formula is C20H18F3N3O4. The number of ether oxygens (including phenoxy) is 2. The van der Waals surface area contributed by atoms with E-state index in [1.54, 1.807) is 13.8 Å². The molecule has 7 nitrogen and oxygen atoms in total. The SMILES string of the molecule is CC[C@@]1(C)NC(=O)N(c2ccc(Oc3ccc4c(c3)C(C(F)(F)F)OC4)nc2)C1=O. The third kappa shape index (κ3) is 3.36. The van der Waals surface area contributed by atoms with Gasteiger partial charge in [-0.15, -0.1) is 0 Å². The largest absolute Gasteiger partial charge is 0.439 e. The van der Waals surface area contributed by atoms with Gasteiger partial charge in [0.1, 0.15) is 11.3 Å². The van der Waals surface area contributed by atoms with Gasteiger partial charge in [0, 0.05) is 6.07 Å². The number of nitrogens with zero attached hydrogens (tertiary/aromatic N) is 2. The van der Waals surface area contributed by atoms with Crippen molar-refractivity contribution in [3.05, 3.63) is 47.7 Å². The molecule has 3 heterocycles. The number of hydrogen-bond donors (Lipinski definition) is 1. The number of rotatable bonds is 4. The second-order valence-corrected chi connectivity index (χ2v) is 7.31. The molecule has 0 aliphatic carbocycles. The summed E-state index contributed by atoms with van der Waals surface area (Å²) >= 11 is 0. The first-order valence-corrected chi connectivity index (χ1v) is 9.24. The molecule has 4 rings (SSSR count). The summed E-state index contributed by atoms with van der Waals surface area (Å²) in [6.45, 7) is 3.32. The number of benzene rings is 1. The summed E-state index contributed by atoms with van der Waals surface area (Å²) in [5.74, 6) is -0.115. The molecule has 2 aliphatic heterocycles. The molecule has 0 radical (unpaired) electrons. The van der Waals surface area contributed by atoms with Crippen LogP contribution in [-0.2, 0) is 16.1 Å². The van der Waals surface area contributed by atoms with Crippen LogP contribution in [0.4, 0.5) is 23.7 Å². The van der Waals surface area contributed by atoms with E-state index in [0.29, 0.717) is 12.0 Å². The van der Waals surface area contributed by atoms with E-state index in [4.69, 9.17) is 9.47 Å². The van der Waals surface area contributed by atoms with Crippen LogP contribution in [-0.4, -0.2) is 28.6 Å². The molecule has 0 saturated carbocycles. The van der Waals surface area contributed by atoms with Gasteiger partial charge in [-0.3, -0.25) is 4.79 Å². The van der Waals surface area contributed by atoms with Crippen molar-refractivity contribution >= 4 is 17.6 Å². The van der Waals surface area contributed by atoms with Crippen LogP contribution in [0.5, 0.6) is 11.6 Å². The fraction of sp³-hybridized carbons (Fsp3) is 0.350. The molecule has 1 saturated heterocycles. The normalized spacial score (nSPS) is 23.5. The standard InChI is InChI=1S/C20H18F3N3O4/c1-3-19(2)17(27)26(18(28)25-19)12-5-7-15(24-9-12)30-13-6-4-11-10-29-16(14(11)8-13)20(21,22)23/h4-9,16H,3,10H2,1-2H3,(H,25,28)/t16?,19-/m1/s1. The summed E-state index contributed by atoms with van der Waals surface area (Å²) in [6, 6.07) is 6.69. The molecule has 2 aliphatic rings. The van der Waals surface area contributed by atoms with E-state index in [0.717, 1.165) is 4.90 Å². The molecular weight excluding hydrogens is 403 g/mol. The van der Waals surface area contributed by atoms with Gasteiger partial charge in [-0.25, -0.2) is 14.7 Å². The minimum Gasteiger partial charge on any atom is -0.439 e. The lowest BCUT2D eigenvalue weighted by molar-refractivity contribution is -0.219. The number of fused-ring (bicyclic) bond motifs is 1. The van der Waals surface area contributed by atoms with E-state index in [2.05, 4.69) is 10.3 Å². The molecule has 1 fully saturated rings. The fourth-order valence-corrected chi connectivity index (χ4v) is 3.39. The number of alkyl halides is 3. The van der Waals surface area contributed by atoms with E-state index in [1.807, 2.05) is 0 Å². The summed E-state index contributed by atoms with van der Waals surface area (Å²) in [5, 5.41) is 2.65. The Kier molecular flexibility index (Phi) is 4.69. The molecule has 1 N–H and O–H groups in total. The average Bonchev–Trinajstić information content (AvgIpc) is 3.21. The van der Waals surface area contributed by atoms with Gasteiger partial charge < -0.3 is 14.8 Å². The maximum absolute atomic E-state index is 13.1. The Morgan fingerprint density at radius 1 is 1.30 bits per heavy atom. The van der Waals surface area contributed by atoms with Crippen molar-refractivity contribution in [1.29, 1.82) is 0 Å². The van der Waals surface area contributed by atoms with Gasteiger partial charge in [0.2, 0.25) is 5.88 Å². The van der Waals surface area contributed by atoms with Crippen molar-refractivity contribution in [3.8, 4) is 11.6 Å². The highest BCUT2D eigenvalue weighted by Gasteiger charge is 2.47. The summed E-state index contributed by atoms with van der Waals surface area (Å²) in [4.78, 5) is 29.8. The van der Waals surface area contributed by atoms with Gasteiger partial charge >= 0.3 is 12.2 Å². The molecule has 1 aromatic carbocycles. The van der Waals surface area contributed by atoms with Crippen LogP contribution in [0.1, 0.15) is 37.5 Å². The van der Waals surface area contributed by atoms with Crippen molar-refractivity contribution in [2.24, 2.45) is 0 Å². The smallest absolute Gasteiger partial charge is 0.418 e. The lowest BCUT2D eigenvalue weighted by atomic mass is 9.99. The summed E-state index contributed by atoms with van der Waals surface area (Å²) in [7, 11) is 0. The number of urea groups is 1. The topological polar surface area (TPSA) is 80.8 Å². The van der Waals surface area contributed by atoms with Crippen LogP contribution in [0.2, 0.25) is 0 Å². The second kappa shape index (κ2) is 6.98. The highest BCUT2D eigenvalue weighted by atomic mass is 19.4. The van der Waals surface area contributed by atoms with Crippen molar-refractivity contribution in [2.45, 2.75) is 44.7 Å². The van der Waals surface area contributed by atoms with E-state index in [1.165, 1.54) is 36.5 Å². The molecule has 1 unspecified atom stereocenters. The Balaban J connectivity index is 1.53. The van der Waals surface area contributed by atoms with Crippen LogP contribution in [0.3, 0.4) is 0 Å². The zero-order chi connectivity index (χ0) is 21.7. The molecule has 2 atom stereocenters. The first-order valence-electron chi connectivity index (χ1n) is 9.24. The van der Waals surface area contributed by atoms with Gasteiger partial charge in [0.15, 0.2) is 6.10 Å². The Morgan fingerprint density at radius 2 is 2.07 bits per heavy atom. The van der Waals surface area contributed by atoms with Crippen molar-refractivity contribution in [2.75, 3.05) is 4.90 Å². The number of hydrogen-bond acceptors (Lipinski definition) is 5. The van der Waals surface area contributed by atoms with Gasteiger partial charge in [0.25, 0.3) is 5.91 Å². The van der Waals surface area contributed by atoms with Gasteiger partial charge in [-0.1, -0.05) is 13.0 Å². The predicted molar refractivity (Wildman–Crippen MR) is 99.1 cm³/mol. The molecule has 158 valence electrons. The second-order valence-electron chi connectivity index (χ2n) is 7.31. The van der Waals surface area contributed by atoms with E-state index < -0.39 is 23.9 Å². The third-order valence-corrected chi connectivity index (χ3v) is 5.27. The van der Waals surface area contributed by atoms with E-state index in [9.17, 15) is 22.8 Å². The molecule has 3 amide bonds. The van der Waals surface area contributed by atoms with Gasteiger partial charge in [-0.2, -0.15) is 13.2 Å². The summed E-state index contributed by atoms with van der Waals surface area (Å²) < 4.78 is 49.7. The molecule has 1 aromatic heterocycles. The number of carbonyl (C=O) groups excluding carboxylic acids is 2. The number of aromatic nitrogens is 1. The summed E-state index contributed by atoms with van der Waals surface area (Å²) in [5.41, 5.74) is -0.254. The summed E-state index contributed by atoms with van der Waals surface area (Å²) in [6.07, 6.45) is -4.77. The first-order chi connectivity index (χ1) is 14.1. The first kappa shape index (κ1) is 20.1. The fourth-order valence-electron chi connectivity index (χ4n) is 3.39. The highest BCUT2D eigenvalue weighted by Crippen LogP contribution is 2.43. The molecule has 30 heavy (non-hydrogen) atoms. The maximum Gasteiger partial charge on any atom is 0.418 e. The number of carbonyl (C=O) groups is 2. The number of amides is 3. The number of nitrogens with one attached hydrogen (secondary N) is 1. The zero-order valence-corrected chi connectivity index (χ0v) is 16.1. The molecule has 10 heteroatoms. The molecule has 2 aromatic rings. The monoisotopic (exact) mass is 421 g/mol. The maximum atomic E-state index is 13.1. The Labute approximate surface area is 169 Å². The quantitative estimate of drug-likeness (QED) is 0.748. The van der Waals surface area contributed by atoms with Crippen molar-refractivity contribution < 1.29 is 32.2 Å². The van der Waals surface area contributed by atoms with Gasteiger partial charge in [0.05, 0.1) is 18.5 Å². The number of halogens is 3. The minimum absolute atomic E-state index is 0.00908. The zero-order valence-electron chi connectivity index (χ0n) is 16.1. The van der Waals surface area contributed by atoms with Crippen LogP contribution < -0.4 is 15.0 Å². The van der Waals surface area contributed by atoms with Crippen LogP contribution in [0.25, 0.3) is 0 Å². The third-order valence-electron chi connectivity index (χ3n) is 5.27. The van der Waals surface area contributed by atoms with Crippen LogP contribution >= 0.6 is 0 Å². The average molecular weight is 421 g/mol. The minimum atomic E-state index is -4.51. The van der Waals surface area contributed by atoms with Gasteiger partial charge in [-0.05, 0) is 42.7 Å². The molecule has 0 spiro atoms. The number of imide groups is 1. The Hall–Kier alpha value is -3.14.